The van der Waals surface area contributed by atoms with Crippen LogP contribution in [0.2, 0.25) is 0 Å². The van der Waals surface area contributed by atoms with Crippen LogP contribution < -0.4 is 18.9 Å². The van der Waals surface area contributed by atoms with Crippen molar-refractivity contribution in [1.82, 2.24) is 19.6 Å². The van der Waals surface area contributed by atoms with Crippen molar-refractivity contribution < 1.29 is 27.7 Å². The van der Waals surface area contributed by atoms with Crippen LogP contribution >= 0.6 is 0 Å². The molecular formula is C20H19N5O6S. The van der Waals surface area contributed by atoms with Gasteiger partial charge in [-0.05, 0) is 17.7 Å². The number of hydrogen-bond donors (Lipinski definition) is 2. The molecule has 0 amide bonds. The van der Waals surface area contributed by atoms with Crippen LogP contribution in [-0.2, 0) is 10.0 Å². The van der Waals surface area contributed by atoms with Gasteiger partial charge >= 0.3 is 6.01 Å². The molecule has 4 aromatic rings. The van der Waals surface area contributed by atoms with Gasteiger partial charge in [-0.25, -0.2) is 13.4 Å². The summed E-state index contributed by atoms with van der Waals surface area (Å²) >= 11 is 0. The van der Waals surface area contributed by atoms with E-state index in [9.17, 15) is 13.5 Å². The van der Waals surface area contributed by atoms with Gasteiger partial charge in [0.15, 0.2) is 17.1 Å². The average molecular weight is 457 g/mol. The topological polar surface area (TPSA) is 137 Å². The van der Waals surface area contributed by atoms with E-state index in [1.807, 2.05) is 0 Å². The van der Waals surface area contributed by atoms with Crippen LogP contribution in [0.25, 0.3) is 16.8 Å². The summed E-state index contributed by atoms with van der Waals surface area (Å²) in [6.45, 7) is 0. The first-order chi connectivity index (χ1) is 15.4. The van der Waals surface area contributed by atoms with Gasteiger partial charge in [0, 0.05) is 17.7 Å². The number of rotatable bonds is 7. The first-order valence-corrected chi connectivity index (χ1v) is 10.7. The van der Waals surface area contributed by atoms with Crippen LogP contribution in [0, 0.1) is 0 Å². The molecule has 0 aliphatic rings. The quantitative estimate of drug-likeness (QED) is 0.428. The number of fused-ring (bicyclic) bond motifs is 1. The lowest BCUT2D eigenvalue weighted by Gasteiger charge is -2.15. The molecule has 0 unspecified atom stereocenters. The molecule has 0 aliphatic carbocycles. The third-order valence-corrected chi connectivity index (χ3v) is 6.08. The molecule has 12 heteroatoms. The van der Waals surface area contributed by atoms with Crippen LogP contribution in [0.4, 0.5) is 5.69 Å². The smallest absolute Gasteiger partial charge is 0.318 e. The summed E-state index contributed by atoms with van der Waals surface area (Å²) in [6, 6.07) is 8.87. The first kappa shape index (κ1) is 21.2. The maximum atomic E-state index is 12.9. The molecule has 11 nitrogen and oxygen atoms in total. The van der Waals surface area contributed by atoms with Crippen molar-refractivity contribution >= 4 is 21.4 Å². The summed E-state index contributed by atoms with van der Waals surface area (Å²) in [5.74, 6) is 0.988. The molecule has 2 N–H and O–H groups in total. The Hall–Kier alpha value is -4.06. The molecular weight excluding hydrogens is 438 g/mol. The molecule has 32 heavy (non-hydrogen) atoms. The van der Waals surface area contributed by atoms with E-state index < -0.39 is 10.0 Å². The Balaban J connectivity index is 1.65. The molecule has 0 radical (unpaired) electrons. The molecule has 2 aromatic heterocycles. The van der Waals surface area contributed by atoms with E-state index in [0.717, 1.165) is 0 Å². The van der Waals surface area contributed by atoms with Crippen molar-refractivity contribution in [2.24, 2.45) is 0 Å². The lowest BCUT2D eigenvalue weighted by Crippen LogP contribution is -2.13. The lowest BCUT2D eigenvalue weighted by molar-refractivity contribution is 0.325. The van der Waals surface area contributed by atoms with Crippen LogP contribution in [0.15, 0.2) is 53.8 Å². The summed E-state index contributed by atoms with van der Waals surface area (Å²) < 4.78 is 45.3. The summed E-state index contributed by atoms with van der Waals surface area (Å²) in [5.41, 5.74) is 1.93. The third-order valence-electron chi connectivity index (χ3n) is 4.68. The van der Waals surface area contributed by atoms with Gasteiger partial charge in [-0.15, -0.1) is 0 Å². The molecule has 0 saturated heterocycles. The van der Waals surface area contributed by atoms with Gasteiger partial charge in [0.2, 0.25) is 5.75 Å². The minimum Gasteiger partial charge on any atom is -0.493 e. The van der Waals surface area contributed by atoms with E-state index in [1.54, 1.807) is 12.1 Å². The Morgan fingerprint density at radius 1 is 0.969 bits per heavy atom. The van der Waals surface area contributed by atoms with Gasteiger partial charge in [0.1, 0.15) is 6.33 Å². The second-order valence-corrected chi connectivity index (χ2v) is 8.19. The Kier molecular flexibility index (Phi) is 5.45. The highest BCUT2D eigenvalue weighted by Crippen LogP contribution is 2.40. The molecule has 0 spiro atoms. The number of benzene rings is 2. The van der Waals surface area contributed by atoms with E-state index in [1.165, 1.54) is 62.6 Å². The number of sulfonamides is 1. The number of hydrogen-bond acceptors (Lipinski definition) is 9. The summed E-state index contributed by atoms with van der Waals surface area (Å²) in [7, 11) is 0.443. The second kappa shape index (κ2) is 8.23. The number of aromatic hydroxyl groups is 1. The summed E-state index contributed by atoms with van der Waals surface area (Å²) in [4.78, 5) is 7.83. The molecule has 166 valence electrons. The fourth-order valence-corrected chi connectivity index (χ4v) is 4.21. The molecule has 2 heterocycles. The van der Waals surface area contributed by atoms with E-state index >= 15 is 0 Å². The molecule has 0 atom stereocenters. The first-order valence-electron chi connectivity index (χ1n) is 9.19. The summed E-state index contributed by atoms with van der Waals surface area (Å²) in [5, 5.41) is 13.8. The van der Waals surface area contributed by atoms with Crippen molar-refractivity contribution in [2.45, 2.75) is 4.90 Å². The zero-order chi connectivity index (χ0) is 22.9. The zero-order valence-corrected chi connectivity index (χ0v) is 18.1. The molecule has 0 fully saturated rings. The normalized spacial score (nSPS) is 11.3. The van der Waals surface area contributed by atoms with Crippen molar-refractivity contribution in [1.29, 1.82) is 0 Å². The van der Waals surface area contributed by atoms with Gasteiger partial charge in [-0.3, -0.25) is 4.72 Å². The Morgan fingerprint density at radius 3 is 2.22 bits per heavy atom. The number of methoxy groups -OCH3 is 3. The molecule has 0 aliphatic heterocycles. The maximum Gasteiger partial charge on any atom is 0.318 e. The molecule has 4 rings (SSSR count). The van der Waals surface area contributed by atoms with Crippen LogP contribution in [-0.4, -0.2) is 54.4 Å². The Bertz CT molecular complexity index is 1360. The lowest BCUT2D eigenvalue weighted by atomic mass is 10.1. The van der Waals surface area contributed by atoms with Gasteiger partial charge in [-0.1, -0.05) is 12.1 Å². The highest BCUT2D eigenvalue weighted by molar-refractivity contribution is 7.92. The SMILES string of the molecule is COc1cc(NS(=O)(=O)c2ccc(-c3cnn4c(O)ncnc34)cc2)cc(OC)c1OC. The molecule has 0 bridgehead atoms. The standard InChI is InChI=1S/C20H19N5O6S/c1-29-16-8-13(9-17(30-2)18(16)31-3)24-32(27,28)14-6-4-12(5-7-14)15-10-23-25-19(15)21-11-22-20(25)26/h4-11,24H,1-3H3,(H,21,22,26). The van der Waals surface area contributed by atoms with Gasteiger partial charge in [0.05, 0.1) is 38.1 Å². The van der Waals surface area contributed by atoms with Crippen molar-refractivity contribution in [3.05, 3.63) is 48.9 Å². The maximum absolute atomic E-state index is 12.9. The fourth-order valence-electron chi connectivity index (χ4n) is 3.17. The van der Waals surface area contributed by atoms with Crippen molar-refractivity contribution in [3.63, 3.8) is 0 Å². The van der Waals surface area contributed by atoms with Gasteiger partial charge in [0.25, 0.3) is 10.0 Å². The van der Waals surface area contributed by atoms with E-state index in [-0.39, 0.29) is 16.6 Å². The average Bonchev–Trinajstić information content (AvgIpc) is 3.23. The predicted octanol–water partition coefficient (Wildman–Crippen LogP) is 2.32. The molecule has 0 saturated carbocycles. The van der Waals surface area contributed by atoms with E-state index in [0.29, 0.717) is 34.0 Å². The Labute approximate surface area is 183 Å². The molecule has 2 aromatic carbocycles. The second-order valence-electron chi connectivity index (χ2n) is 6.51. The van der Waals surface area contributed by atoms with E-state index in [2.05, 4.69) is 19.8 Å². The number of nitrogens with zero attached hydrogens (tertiary/aromatic N) is 4. The number of aromatic nitrogens is 4. The van der Waals surface area contributed by atoms with Crippen LogP contribution in [0.3, 0.4) is 0 Å². The van der Waals surface area contributed by atoms with Crippen LogP contribution in [0.1, 0.15) is 0 Å². The highest BCUT2D eigenvalue weighted by atomic mass is 32.2. The minimum absolute atomic E-state index is 0.0453. The number of anilines is 1. The van der Waals surface area contributed by atoms with Gasteiger partial charge in [-0.2, -0.15) is 14.6 Å². The zero-order valence-electron chi connectivity index (χ0n) is 17.3. The fraction of sp³-hybridized carbons (Fsp3) is 0.150. The van der Waals surface area contributed by atoms with Gasteiger partial charge < -0.3 is 19.3 Å². The minimum atomic E-state index is -3.91. The third kappa shape index (κ3) is 3.71. The van der Waals surface area contributed by atoms with Crippen LogP contribution in [0.5, 0.6) is 23.3 Å². The highest BCUT2D eigenvalue weighted by Gasteiger charge is 2.19. The number of ether oxygens (including phenoxy) is 3. The number of nitrogens with one attached hydrogen (secondary N) is 1. The predicted molar refractivity (Wildman–Crippen MR) is 115 cm³/mol. The Morgan fingerprint density at radius 2 is 1.62 bits per heavy atom. The van der Waals surface area contributed by atoms with Crippen molar-refractivity contribution in [2.75, 3.05) is 26.1 Å². The largest absolute Gasteiger partial charge is 0.493 e. The summed E-state index contributed by atoms with van der Waals surface area (Å²) in [6.07, 6.45) is 2.73. The van der Waals surface area contributed by atoms with Crippen molar-refractivity contribution in [3.8, 4) is 34.4 Å². The van der Waals surface area contributed by atoms with E-state index in [4.69, 9.17) is 14.2 Å². The monoisotopic (exact) mass is 457 g/mol.